The molecule has 32 heavy (non-hydrogen) atoms. The van der Waals surface area contributed by atoms with E-state index in [0.717, 1.165) is 49.2 Å². The molecule has 2 aromatic carbocycles. The zero-order valence-corrected chi connectivity index (χ0v) is 18.9. The number of rotatable bonds is 6. The lowest BCUT2D eigenvalue weighted by Crippen LogP contribution is -2.42. The Balaban J connectivity index is 1.40. The predicted octanol–water partition coefficient (Wildman–Crippen LogP) is 3.84. The van der Waals surface area contributed by atoms with Gasteiger partial charge in [0.1, 0.15) is 5.82 Å². The number of halogens is 2. The molecule has 0 spiro atoms. The van der Waals surface area contributed by atoms with E-state index in [4.69, 9.17) is 11.6 Å². The summed E-state index contributed by atoms with van der Waals surface area (Å²) in [5.41, 5.74) is 1.92. The predicted molar refractivity (Wildman–Crippen MR) is 125 cm³/mol. The summed E-state index contributed by atoms with van der Waals surface area (Å²) in [6, 6.07) is 15.6. The molecule has 168 valence electrons. The molecule has 0 atom stereocenters. The molecule has 1 saturated heterocycles. The first-order valence-electron chi connectivity index (χ1n) is 10.9. The number of nitrogens with zero attached hydrogens (tertiary/aromatic N) is 3. The smallest absolute Gasteiger partial charge is 0.299 e. The first-order valence-corrected chi connectivity index (χ1v) is 11.3. The molecule has 4 rings (SSSR count). The van der Waals surface area contributed by atoms with Crippen molar-refractivity contribution >= 4 is 11.6 Å². The molecule has 0 aliphatic carbocycles. The highest BCUT2D eigenvalue weighted by Crippen LogP contribution is 2.26. The van der Waals surface area contributed by atoms with E-state index < -0.39 is 0 Å². The summed E-state index contributed by atoms with van der Waals surface area (Å²) < 4.78 is 16.4. The third-order valence-electron chi connectivity index (χ3n) is 6.30. The van der Waals surface area contributed by atoms with Crippen molar-refractivity contribution in [2.24, 2.45) is 13.0 Å². The highest BCUT2D eigenvalue weighted by atomic mass is 35.5. The average molecular weight is 456 g/mol. The van der Waals surface area contributed by atoms with E-state index in [-0.39, 0.29) is 23.6 Å². The van der Waals surface area contributed by atoms with Crippen LogP contribution in [0.25, 0.3) is 0 Å². The average Bonchev–Trinajstić information content (AvgIpc) is 2.79. The second-order valence-corrected chi connectivity index (χ2v) is 8.95. The first-order chi connectivity index (χ1) is 15.4. The molecule has 1 fully saturated rings. The van der Waals surface area contributed by atoms with Crippen LogP contribution in [0.15, 0.2) is 64.2 Å². The number of hydrogen-bond donors (Lipinski definition) is 0. The highest BCUT2D eigenvalue weighted by Gasteiger charge is 2.22. The largest absolute Gasteiger partial charge is 0.331 e. The maximum atomic E-state index is 13.5. The Hall–Kier alpha value is -2.70. The van der Waals surface area contributed by atoms with Gasteiger partial charge in [-0.25, -0.2) is 9.18 Å². The van der Waals surface area contributed by atoms with Crippen LogP contribution in [-0.2, 0) is 26.6 Å². The maximum Gasteiger partial charge on any atom is 0.331 e. The van der Waals surface area contributed by atoms with Gasteiger partial charge >= 0.3 is 5.69 Å². The van der Waals surface area contributed by atoms with E-state index in [1.54, 1.807) is 23.7 Å². The highest BCUT2D eigenvalue weighted by molar-refractivity contribution is 6.31. The summed E-state index contributed by atoms with van der Waals surface area (Å²) in [7, 11) is 1.72. The molecule has 0 unspecified atom stereocenters. The number of hydrogen-bond acceptors (Lipinski definition) is 3. The van der Waals surface area contributed by atoms with Crippen molar-refractivity contribution in [3.63, 3.8) is 0 Å². The van der Waals surface area contributed by atoms with Gasteiger partial charge in [-0.2, -0.15) is 0 Å². The van der Waals surface area contributed by atoms with Crippen LogP contribution in [0.5, 0.6) is 0 Å². The van der Waals surface area contributed by atoms with Gasteiger partial charge < -0.3 is 0 Å². The van der Waals surface area contributed by atoms with Gasteiger partial charge in [0.25, 0.3) is 5.56 Å². The Kier molecular flexibility index (Phi) is 6.92. The summed E-state index contributed by atoms with van der Waals surface area (Å²) >= 11 is 6.22. The molecule has 3 aromatic rings. The molecule has 2 heterocycles. The molecular weight excluding hydrogens is 429 g/mol. The van der Waals surface area contributed by atoms with Crippen molar-refractivity contribution in [2.75, 3.05) is 13.1 Å². The number of likely N-dealkylation sites (tertiary alicyclic amines) is 1. The number of piperidine rings is 1. The van der Waals surface area contributed by atoms with Crippen LogP contribution in [0.3, 0.4) is 0 Å². The monoisotopic (exact) mass is 455 g/mol. The summed E-state index contributed by atoms with van der Waals surface area (Å²) in [6.07, 6.45) is 2.69. The fraction of sp³-hybridized carbons (Fsp3) is 0.360. The van der Waals surface area contributed by atoms with Gasteiger partial charge in [-0.3, -0.25) is 18.8 Å². The van der Waals surface area contributed by atoms with Crippen LogP contribution in [0.1, 0.15) is 29.7 Å². The Labute approximate surface area is 191 Å². The van der Waals surface area contributed by atoms with Gasteiger partial charge in [-0.05, 0) is 67.6 Å². The fourth-order valence-corrected chi connectivity index (χ4v) is 4.56. The Morgan fingerprint density at radius 3 is 2.44 bits per heavy atom. The second kappa shape index (κ2) is 9.84. The lowest BCUT2D eigenvalue weighted by atomic mass is 9.90. The zero-order chi connectivity index (χ0) is 22.7. The number of benzene rings is 2. The Morgan fingerprint density at radius 2 is 1.72 bits per heavy atom. The Morgan fingerprint density at radius 1 is 1.00 bits per heavy atom. The minimum atomic E-state index is -0.299. The molecule has 0 bridgehead atoms. The van der Waals surface area contributed by atoms with Crippen molar-refractivity contribution in [3.05, 3.63) is 103 Å². The molecule has 7 heteroatoms. The van der Waals surface area contributed by atoms with Crippen LogP contribution in [0.2, 0.25) is 5.02 Å². The lowest BCUT2D eigenvalue weighted by molar-refractivity contribution is 0.173. The molecular formula is C25H27ClFN3O2. The van der Waals surface area contributed by atoms with E-state index in [0.29, 0.717) is 17.5 Å². The zero-order valence-electron chi connectivity index (χ0n) is 18.1. The van der Waals surface area contributed by atoms with Crippen LogP contribution in [0, 0.1) is 11.7 Å². The Bertz CT molecular complexity index is 1200. The van der Waals surface area contributed by atoms with Gasteiger partial charge in [-0.1, -0.05) is 41.9 Å². The first kappa shape index (κ1) is 22.5. The third kappa shape index (κ3) is 5.19. The molecule has 0 amide bonds. The van der Waals surface area contributed by atoms with Gasteiger partial charge in [0, 0.05) is 30.4 Å². The summed E-state index contributed by atoms with van der Waals surface area (Å²) in [5.74, 6) is 0.179. The van der Waals surface area contributed by atoms with Crippen molar-refractivity contribution in [1.82, 2.24) is 14.0 Å². The topological polar surface area (TPSA) is 47.2 Å². The van der Waals surface area contributed by atoms with E-state index in [2.05, 4.69) is 4.90 Å². The van der Waals surface area contributed by atoms with Crippen molar-refractivity contribution in [1.29, 1.82) is 0 Å². The molecule has 1 aliphatic heterocycles. The van der Waals surface area contributed by atoms with Crippen molar-refractivity contribution in [2.45, 2.75) is 32.4 Å². The fourth-order valence-electron chi connectivity index (χ4n) is 4.37. The molecule has 0 radical (unpaired) electrons. The van der Waals surface area contributed by atoms with Gasteiger partial charge in [0.15, 0.2) is 0 Å². The number of aromatic nitrogens is 2. The van der Waals surface area contributed by atoms with Gasteiger partial charge in [0.05, 0.1) is 6.54 Å². The van der Waals surface area contributed by atoms with Crippen molar-refractivity contribution < 1.29 is 4.39 Å². The van der Waals surface area contributed by atoms with Gasteiger partial charge in [-0.15, -0.1) is 0 Å². The maximum absolute atomic E-state index is 13.5. The summed E-state index contributed by atoms with van der Waals surface area (Å²) in [6.45, 7) is 2.54. The molecule has 0 saturated carbocycles. The molecule has 5 nitrogen and oxygen atoms in total. The van der Waals surface area contributed by atoms with Crippen LogP contribution in [-0.4, -0.2) is 27.1 Å². The second-order valence-electron chi connectivity index (χ2n) is 8.55. The third-order valence-corrected chi connectivity index (χ3v) is 6.67. The summed E-state index contributed by atoms with van der Waals surface area (Å²) in [4.78, 5) is 27.8. The lowest BCUT2D eigenvalue weighted by Gasteiger charge is -2.32. The van der Waals surface area contributed by atoms with Crippen LogP contribution < -0.4 is 11.2 Å². The van der Waals surface area contributed by atoms with E-state index in [1.165, 1.54) is 16.7 Å². The van der Waals surface area contributed by atoms with E-state index >= 15 is 0 Å². The van der Waals surface area contributed by atoms with Crippen LogP contribution >= 0.6 is 11.6 Å². The normalized spacial score (nSPS) is 15.2. The minimum Gasteiger partial charge on any atom is -0.299 e. The molecule has 1 aromatic heterocycles. The van der Waals surface area contributed by atoms with E-state index in [9.17, 15) is 14.0 Å². The van der Waals surface area contributed by atoms with Gasteiger partial charge in [0.2, 0.25) is 0 Å². The summed E-state index contributed by atoms with van der Waals surface area (Å²) in [5, 5.41) is 0.611. The van der Waals surface area contributed by atoms with Crippen LogP contribution in [0.4, 0.5) is 4.39 Å². The molecule has 0 N–H and O–H groups in total. The quantitative estimate of drug-likeness (QED) is 0.567. The SMILES string of the molecule is Cn1c(CN2CCC(Cc3cc(F)ccc3Cl)CC2)cc(=O)n(Cc2ccccc2)c1=O. The standard InChI is InChI=1S/C25H27ClFN3O2/c1-28-22(15-24(31)30(25(28)32)16-19-5-3-2-4-6-19)17-29-11-9-18(10-12-29)13-20-14-21(27)7-8-23(20)26/h2-8,14-15,18H,9-13,16-17H2,1H3. The van der Waals surface area contributed by atoms with E-state index in [1.807, 2.05) is 30.3 Å². The molecule has 1 aliphatic rings. The minimum absolute atomic E-state index is 0.259. The van der Waals surface area contributed by atoms with Crippen molar-refractivity contribution in [3.8, 4) is 0 Å².